The molecular formula is C18H26N6O3. The number of fused-ring (bicyclic) bond motifs is 1. The number of nitrogens with one attached hydrogen (secondary N) is 1. The number of hydrogen-bond donors (Lipinski definition) is 2. The number of aromatic nitrogens is 4. The Hall–Kier alpha value is -2.26. The summed E-state index contributed by atoms with van der Waals surface area (Å²) in [6.45, 7) is 4.39. The van der Waals surface area contributed by atoms with Crippen molar-refractivity contribution in [2.45, 2.75) is 44.9 Å². The molecule has 2 fully saturated rings. The van der Waals surface area contributed by atoms with Crippen molar-refractivity contribution in [2.75, 3.05) is 31.6 Å². The Labute approximate surface area is 157 Å². The van der Waals surface area contributed by atoms with Gasteiger partial charge in [-0.3, -0.25) is 4.79 Å². The Bertz CT molecular complexity index is 834. The van der Waals surface area contributed by atoms with E-state index in [-0.39, 0.29) is 12.0 Å². The van der Waals surface area contributed by atoms with Gasteiger partial charge in [-0.1, -0.05) is 0 Å². The van der Waals surface area contributed by atoms with Crippen molar-refractivity contribution in [3.63, 3.8) is 0 Å². The van der Waals surface area contributed by atoms with E-state index in [9.17, 15) is 9.90 Å². The Morgan fingerprint density at radius 2 is 2.33 bits per heavy atom. The lowest BCUT2D eigenvalue weighted by atomic mass is 9.89. The predicted octanol–water partition coefficient (Wildman–Crippen LogP) is 0.329. The number of anilines is 1. The Morgan fingerprint density at radius 3 is 3.07 bits per heavy atom. The van der Waals surface area contributed by atoms with Crippen molar-refractivity contribution < 1.29 is 14.6 Å². The third-order valence-electron chi connectivity index (χ3n) is 5.71. The monoisotopic (exact) mass is 374 g/mol. The number of hydrogen-bond acceptors (Lipinski definition) is 7. The summed E-state index contributed by atoms with van der Waals surface area (Å²) in [4.78, 5) is 27.6. The van der Waals surface area contributed by atoms with Crippen LogP contribution < -0.4 is 10.2 Å². The van der Waals surface area contributed by atoms with Crippen LogP contribution in [0.3, 0.4) is 0 Å². The van der Waals surface area contributed by atoms with Crippen LogP contribution >= 0.6 is 0 Å². The number of carbonyl (C=O) groups is 1. The number of aliphatic hydroxyl groups excluding tert-OH is 1. The molecule has 2 aliphatic rings. The first-order valence-corrected chi connectivity index (χ1v) is 9.44. The van der Waals surface area contributed by atoms with E-state index in [1.165, 1.54) is 6.33 Å². The fraction of sp³-hybridized carbons (Fsp3) is 0.667. The largest absolute Gasteiger partial charge is 0.389 e. The molecule has 2 aromatic rings. The molecular weight excluding hydrogens is 348 g/mol. The summed E-state index contributed by atoms with van der Waals surface area (Å²) in [6, 6.07) is 0. The fourth-order valence-corrected chi connectivity index (χ4v) is 4.09. The third-order valence-corrected chi connectivity index (χ3v) is 5.71. The molecule has 9 nitrogen and oxygen atoms in total. The maximum absolute atomic E-state index is 12.2. The van der Waals surface area contributed by atoms with Crippen molar-refractivity contribution in [1.82, 2.24) is 24.8 Å². The van der Waals surface area contributed by atoms with Crippen LogP contribution in [0, 0.1) is 5.41 Å². The molecule has 3 atom stereocenters. The van der Waals surface area contributed by atoms with Crippen LogP contribution in [0.25, 0.3) is 11.2 Å². The maximum Gasteiger partial charge on any atom is 0.227 e. The lowest BCUT2D eigenvalue weighted by Crippen LogP contribution is -2.39. The number of amides is 1. The molecule has 0 saturated carbocycles. The molecule has 0 radical (unpaired) electrons. The number of imidazole rings is 1. The summed E-state index contributed by atoms with van der Waals surface area (Å²) in [5, 5.41) is 13.2. The van der Waals surface area contributed by atoms with Crippen molar-refractivity contribution in [3.05, 3.63) is 12.7 Å². The van der Waals surface area contributed by atoms with Crippen LogP contribution in [0.4, 0.5) is 5.82 Å². The highest BCUT2D eigenvalue weighted by atomic mass is 16.5. The molecule has 4 heterocycles. The lowest BCUT2D eigenvalue weighted by molar-refractivity contribution is -0.128. The summed E-state index contributed by atoms with van der Waals surface area (Å²) in [5.41, 5.74) is 0.939. The average Bonchev–Trinajstić information content (AvgIpc) is 3.41. The number of carbonyl (C=O) groups excluding carboxylic acids is 1. The van der Waals surface area contributed by atoms with Gasteiger partial charge in [-0.05, 0) is 26.2 Å². The van der Waals surface area contributed by atoms with Crippen LogP contribution in [0.15, 0.2) is 12.7 Å². The molecule has 0 aliphatic carbocycles. The minimum absolute atomic E-state index is 0.0421. The highest BCUT2D eigenvalue weighted by molar-refractivity contribution is 5.86. The normalized spacial score (nSPS) is 26.6. The Morgan fingerprint density at radius 1 is 1.48 bits per heavy atom. The summed E-state index contributed by atoms with van der Waals surface area (Å²) < 4.78 is 7.42. The van der Waals surface area contributed by atoms with Crippen LogP contribution in [0.2, 0.25) is 0 Å². The first-order chi connectivity index (χ1) is 13.0. The van der Waals surface area contributed by atoms with Gasteiger partial charge in [0.05, 0.1) is 30.5 Å². The van der Waals surface area contributed by atoms with Gasteiger partial charge in [0.1, 0.15) is 6.33 Å². The van der Waals surface area contributed by atoms with E-state index in [2.05, 4.69) is 25.2 Å². The van der Waals surface area contributed by atoms with Crippen LogP contribution in [-0.4, -0.2) is 69.5 Å². The molecule has 27 heavy (non-hydrogen) atoms. The molecule has 146 valence electrons. The first kappa shape index (κ1) is 18.1. The van der Waals surface area contributed by atoms with Gasteiger partial charge in [0.15, 0.2) is 17.0 Å². The Kier molecular flexibility index (Phi) is 4.73. The predicted molar refractivity (Wildman–Crippen MR) is 99.3 cm³/mol. The average molecular weight is 374 g/mol. The van der Waals surface area contributed by atoms with Crippen molar-refractivity contribution >= 4 is 22.9 Å². The molecule has 2 aliphatic heterocycles. The molecule has 1 amide bonds. The molecule has 9 heteroatoms. The SMILES string of the molecule is CNC(=O)C1(C)CCN(c2ncnc3c2ncn3CC(O)C2CCCO2)C1. The fourth-order valence-electron chi connectivity index (χ4n) is 4.09. The van der Waals surface area contributed by atoms with Gasteiger partial charge in [-0.2, -0.15) is 0 Å². The van der Waals surface area contributed by atoms with Gasteiger partial charge in [-0.15, -0.1) is 0 Å². The second-order valence-corrected chi connectivity index (χ2v) is 7.70. The minimum Gasteiger partial charge on any atom is -0.389 e. The van der Waals surface area contributed by atoms with Crippen LogP contribution in [0.5, 0.6) is 0 Å². The topological polar surface area (TPSA) is 105 Å². The van der Waals surface area contributed by atoms with E-state index < -0.39 is 11.5 Å². The molecule has 3 unspecified atom stereocenters. The molecule has 0 bridgehead atoms. The molecule has 4 rings (SSSR count). The molecule has 2 aromatic heterocycles. The lowest BCUT2D eigenvalue weighted by Gasteiger charge is -2.23. The van der Waals surface area contributed by atoms with Crippen molar-refractivity contribution in [3.8, 4) is 0 Å². The van der Waals surface area contributed by atoms with E-state index in [1.807, 2.05) is 11.5 Å². The minimum atomic E-state index is -0.591. The van der Waals surface area contributed by atoms with E-state index in [1.54, 1.807) is 13.4 Å². The number of rotatable bonds is 5. The zero-order valence-corrected chi connectivity index (χ0v) is 15.8. The van der Waals surface area contributed by atoms with Gasteiger partial charge in [0, 0.05) is 26.7 Å². The third kappa shape index (κ3) is 3.25. The molecule has 0 aromatic carbocycles. The quantitative estimate of drug-likeness (QED) is 0.777. The number of ether oxygens (including phenoxy) is 1. The molecule has 0 spiro atoms. The van der Waals surface area contributed by atoms with Gasteiger partial charge < -0.3 is 24.6 Å². The summed E-state index contributed by atoms with van der Waals surface area (Å²) in [7, 11) is 1.67. The highest BCUT2D eigenvalue weighted by Crippen LogP contribution is 2.34. The van der Waals surface area contributed by atoms with Crippen molar-refractivity contribution in [1.29, 1.82) is 0 Å². The van der Waals surface area contributed by atoms with Gasteiger partial charge in [-0.25, -0.2) is 15.0 Å². The van der Waals surface area contributed by atoms with Gasteiger partial charge >= 0.3 is 0 Å². The van der Waals surface area contributed by atoms with Gasteiger partial charge in [0.25, 0.3) is 0 Å². The maximum atomic E-state index is 12.2. The van der Waals surface area contributed by atoms with Crippen LogP contribution in [-0.2, 0) is 16.1 Å². The molecule has 2 N–H and O–H groups in total. The first-order valence-electron chi connectivity index (χ1n) is 9.44. The Balaban J connectivity index is 1.57. The van der Waals surface area contributed by atoms with E-state index in [0.717, 1.165) is 31.6 Å². The number of nitrogens with zero attached hydrogens (tertiary/aromatic N) is 5. The van der Waals surface area contributed by atoms with E-state index in [0.29, 0.717) is 30.9 Å². The second kappa shape index (κ2) is 7.05. The summed E-state index contributed by atoms with van der Waals surface area (Å²) in [6.07, 6.45) is 5.11. The molecule has 2 saturated heterocycles. The zero-order chi connectivity index (χ0) is 19.0. The van der Waals surface area contributed by atoms with Crippen molar-refractivity contribution in [2.24, 2.45) is 5.41 Å². The summed E-state index contributed by atoms with van der Waals surface area (Å²) >= 11 is 0. The van der Waals surface area contributed by atoms with E-state index >= 15 is 0 Å². The van der Waals surface area contributed by atoms with Gasteiger partial charge in [0.2, 0.25) is 5.91 Å². The zero-order valence-electron chi connectivity index (χ0n) is 15.8. The second-order valence-electron chi connectivity index (χ2n) is 7.70. The standard InChI is InChI=1S/C18H26N6O3/c1-18(17(26)19-2)5-6-23(9-18)15-14-16(21-10-20-15)24(11-22-14)8-12(25)13-4-3-7-27-13/h10-13,25H,3-9H2,1-2H3,(H,19,26). The van der Waals surface area contributed by atoms with Crippen LogP contribution in [0.1, 0.15) is 26.2 Å². The highest BCUT2D eigenvalue weighted by Gasteiger charge is 2.41. The smallest absolute Gasteiger partial charge is 0.227 e. The number of aliphatic hydroxyl groups is 1. The van der Waals surface area contributed by atoms with E-state index in [4.69, 9.17) is 4.74 Å². The summed E-state index contributed by atoms with van der Waals surface area (Å²) in [5.74, 6) is 0.776.